The van der Waals surface area contributed by atoms with E-state index in [1.807, 2.05) is 6.07 Å². The van der Waals surface area contributed by atoms with Gasteiger partial charge in [-0.2, -0.15) is 0 Å². The van der Waals surface area contributed by atoms with Crippen molar-refractivity contribution in [1.82, 2.24) is 0 Å². The topological polar surface area (TPSA) is 67.9 Å². The number of hydrogen-bond acceptors (Lipinski definition) is 4. The van der Waals surface area contributed by atoms with Crippen LogP contribution in [-0.2, 0) is 4.79 Å². The molecule has 3 rings (SSSR count). The van der Waals surface area contributed by atoms with Gasteiger partial charge in [-0.15, -0.1) is 0 Å². The molecule has 130 valence electrons. The summed E-state index contributed by atoms with van der Waals surface area (Å²) < 4.78 is 5.75. The van der Waals surface area contributed by atoms with Gasteiger partial charge < -0.3 is 15.4 Å². The molecule has 0 aromatic heterocycles. The number of benzene rings is 2. The fraction of sp³-hybridized carbons (Fsp3) is 0.222. The molecule has 0 spiro atoms. The molecule has 25 heavy (non-hydrogen) atoms. The highest BCUT2D eigenvalue weighted by Crippen LogP contribution is 2.29. The van der Waals surface area contributed by atoms with Gasteiger partial charge in [0.25, 0.3) is 5.91 Å². The average Bonchev–Trinajstić information content (AvgIpc) is 2.78. The van der Waals surface area contributed by atoms with Crippen molar-refractivity contribution in [2.75, 3.05) is 23.7 Å². The molecule has 2 aromatic carbocycles. The van der Waals surface area contributed by atoms with E-state index in [4.69, 9.17) is 33.7 Å². The number of rotatable bonds is 3. The first-order valence-corrected chi connectivity index (χ1v) is 8.54. The second-order valence-electron chi connectivity index (χ2n) is 5.68. The highest BCUT2D eigenvalue weighted by Gasteiger charge is 2.26. The first kappa shape index (κ1) is 17.6. The van der Waals surface area contributed by atoms with Crippen molar-refractivity contribution < 1.29 is 9.53 Å². The third-order valence-corrected chi connectivity index (χ3v) is 4.37. The second-order valence-corrected chi connectivity index (χ2v) is 6.52. The van der Waals surface area contributed by atoms with E-state index in [0.29, 0.717) is 34.6 Å². The van der Waals surface area contributed by atoms with Crippen LogP contribution in [0.2, 0.25) is 10.0 Å². The lowest BCUT2D eigenvalue weighted by molar-refractivity contribution is -0.124. The van der Waals surface area contributed by atoms with Crippen LogP contribution >= 0.6 is 23.2 Å². The molecule has 1 heterocycles. The average molecular weight is 378 g/mol. The molecule has 0 fully saturated rings. The normalized spacial score (nSPS) is 14.6. The number of benzodiazepines with no additional fused rings is 1. The van der Waals surface area contributed by atoms with Crippen molar-refractivity contribution in [3.63, 3.8) is 0 Å². The van der Waals surface area contributed by atoms with E-state index in [2.05, 4.69) is 4.99 Å². The number of fused-ring (bicyclic) bond motifs is 1. The van der Waals surface area contributed by atoms with Gasteiger partial charge in [-0.1, -0.05) is 23.2 Å². The van der Waals surface area contributed by atoms with Gasteiger partial charge in [0.1, 0.15) is 5.75 Å². The first-order valence-electron chi connectivity index (χ1n) is 7.78. The fourth-order valence-electron chi connectivity index (χ4n) is 2.62. The van der Waals surface area contributed by atoms with E-state index in [-0.39, 0.29) is 5.91 Å². The predicted molar refractivity (Wildman–Crippen MR) is 102 cm³/mol. The Labute approximate surface area is 156 Å². The summed E-state index contributed by atoms with van der Waals surface area (Å²) in [7, 11) is 0. The summed E-state index contributed by atoms with van der Waals surface area (Å²) in [6.07, 6.45) is 1.02. The van der Waals surface area contributed by atoms with E-state index < -0.39 is 6.10 Å². The Kier molecular flexibility index (Phi) is 5.16. The van der Waals surface area contributed by atoms with Crippen molar-refractivity contribution in [1.29, 1.82) is 0 Å². The standard InChI is InChI=1S/C18H17Cl2N3O2/c1-11(25-17-5-2-13(19)9-15(17)20)18(24)23-7-6-22-10-12-8-14(21)3-4-16(12)23/h2-5,8-11H,6-7,21H2,1H3/t11-/m0/s1. The molecular formula is C18H17Cl2N3O2. The van der Waals surface area contributed by atoms with E-state index >= 15 is 0 Å². The van der Waals surface area contributed by atoms with Crippen LogP contribution in [0.5, 0.6) is 5.75 Å². The summed E-state index contributed by atoms with van der Waals surface area (Å²) in [5.41, 5.74) is 8.02. The number of hydrogen-bond donors (Lipinski definition) is 1. The largest absolute Gasteiger partial charge is 0.479 e. The van der Waals surface area contributed by atoms with Crippen LogP contribution in [0.25, 0.3) is 0 Å². The molecule has 0 saturated heterocycles. The highest BCUT2D eigenvalue weighted by atomic mass is 35.5. The number of carbonyl (C=O) groups excluding carboxylic acids is 1. The van der Waals surface area contributed by atoms with Crippen LogP contribution in [0.1, 0.15) is 12.5 Å². The van der Waals surface area contributed by atoms with Gasteiger partial charge in [0.15, 0.2) is 6.10 Å². The molecule has 1 atom stereocenters. The monoisotopic (exact) mass is 377 g/mol. The van der Waals surface area contributed by atoms with E-state index in [9.17, 15) is 4.79 Å². The van der Waals surface area contributed by atoms with E-state index in [1.165, 1.54) is 0 Å². The van der Waals surface area contributed by atoms with Crippen LogP contribution in [0.3, 0.4) is 0 Å². The molecular weight excluding hydrogens is 361 g/mol. The van der Waals surface area contributed by atoms with Gasteiger partial charge in [-0.3, -0.25) is 9.79 Å². The van der Waals surface area contributed by atoms with Crippen LogP contribution in [0, 0.1) is 0 Å². The Morgan fingerprint density at radius 1 is 1.28 bits per heavy atom. The summed E-state index contributed by atoms with van der Waals surface area (Å²) in [5.74, 6) is 0.234. The molecule has 2 N–H and O–H groups in total. The summed E-state index contributed by atoms with van der Waals surface area (Å²) in [6, 6.07) is 10.3. The lowest BCUT2D eigenvalue weighted by Gasteiger charge is -2.26. The van der Waals surface area contributed by atoms with Gasteiger partial charge in [0.2, 0.25) is 0 Å². The van der Waals surface area contributed by atoms with Gasteiger partial charge in [-0.25, -0.2) is 0 Å². The molecule has 1 aliphatic heterocycles. The smallest absolute Gasteiger partial charge is 0.267 e. The zero-order chi connectivity index (χ0) is 18.0. The van der Waals surface area contributed by atoms with Gasteiger partial charge in [0.05, 0.1) is 17.3 Å². The molecule has 0 radical (unpaired) electrons. The minimum absolute atomic E-state index is 0.178. The summed E-state index contributed by atoms with van der Waals surface area (Å²) in [4.78, 5) is 18.9. The number of aliphatic imine (C=N–C) groups is 1. The maximum atomic E-state index is 12.9. The van der Waals surface area contributed by atoms with Gasteiger partial charge in [-0.05, 0) is 43.3 Å². The van der Waals surface area contributed by atoms with Crippen LogP contribution in [0.4, 0.5) is 11.4 Å². The Balaban J connectivity index is 1.83. The van der Waals surface area contributed by atoms with Crippen LogP contribution in [-0.4, -0.2) is 31.3 Å². The Hall–Kier alpha value is -2.24. The minimum Gasteiger partial charge on any atom is -0.479 e. The van der Waals surface area contributed by atoms with Crippen molar-refractivity contribution in [3.05, 3.63) is 52.0 Å². The lowest BCUT2D eigenvalue weighted by Crippen LogP contribution is -2.42. The number of halogens is 2. The maximum absolute atomic E-state index is 12.9. The molecule has 0 bridgehead atoms. The molecule has 7 heteroatoms. The molecule has 1 aliphatic rings. The van der Waals surface area contributed by atoms with Crippen molar-refractivity contribution in [3.8, 4) is 5.75 Å². The number of amides is 1. The molecule has 2 aromatic rings. The summed E-state index contributed by atoms with van der Waals surface area (Å²) in [6.45, 7) is 2.67. The Morgan fingerprint density at radius 3 is 2.84 bits per heavy atom. The summed E-state index contributed by atoms with van der Waals surface area (Å²) in [5, 5.41) is 0.868. The summed E-state index contributed by atoms with van der Waals surface area (Å²) >= 11 is 12.0. The van der Waals surface area contributed by atoms with Crippen LogP contribution in [0.15, 0.2) is 41.4 Å². The number of nitrogens with zero attached hydrogens (tertiary/aromatic N) is 2. The Morgan fingerprint density at radius 2 is 2.08 bits per heavy atom. The molecule has 1 amide bonds. The quantitative estimate of drug-likeness (QED) is 0.826. The number of ether oxygens (including phenoxy) is 1. The van der Waals surface area contributed by atoms with Crippen LogP contribution < -0.4 is 15.4 Å². The SMILES string of the molecule is C[C@H](Oc1ccc(Cl)cc1Cl)C(=O)N1CCN=Cc2cc(N)ccc21. The third-order valence-electron chi connectivity index (χ3n) is 3.84. The second kappa shape index (κ2) is 7.33. The zero-order valence-corrected chi connectivity index (χ0v) is 15.1. The fourth-order valence-corrected chi connectivity index (χ4v) is 3.08. The lowest BCUT2D eigenvalue weighted by atomic mass is 10.1. The highest BCUT2D eigenvalue weighted by molar-refractivity contribution is 6.35. The van der Waals surface area contributed by atoms with E-state index in [0.717, 1.165) is 11.3 Å². The number of carbonyl (C=O) groups is 1. The number of nitrogens with two attached hydrogens (primary N) is 1. The molecule has 0 saturated carbocycles. The van der Waals surface area contributed by atoms with E-state index in [1.54, 1.807) is 48.4 Å². The maximum Gasteiger partial charge on any atom is 0.267 e. The molecule has 0 aliphatic carbocycles. The number of anilines is 2. The van der Waals surface area contributed by atoms with Gasteiger partial charge in [0, 0.05) is 29.0 Å². The van der Waals surface area contributed by atoms with Crippen molar-refractivity contribution in [2.24, 2.45) is 4.99 Å². The molecule has 5 nitrogen and oxygen atoms in total. The van der Waals surface area contributed by atoms with Crippen molar-refractivity contribution in [2.45, 2.75) is 13.0 Å². The first-order chi connectivity index (χ1) is 12.0. The van der Waals surface area contributed by atoms with Crippen molar-refractivity contribution >= 4 is 46.7 Å². The predicted octanol–water partition coefficient (Wildman–Crippen LogP) is 3.81. The molecule has 0 unspecified atom stereocenters. The van der Waals surface area contributed by atoms with Gasteiger partial charge >= 0.3 is 0 Å². The number of nitrogen functional groups attached to an aromatic ring is 1. The zero-order valence-electron chi connectivity index (χ0n) is 13.6. The third kappa shape index (κ3) is 3.89. The Bertz CT molecular complexity index is 839. The minimum atomic E-state index is -0.720.